The summed E-state index contributed by atoms with van der Waals surface area (Å²) < 4.78 is 0. The molecule has 2 aliphatic rings. The Balaban J connectivity index is 1.72. The van der Waals surface area contributed by atoms with Crippen LogP contribution in [-0.4, -0.2) is 69.9 Å². The summed E-state index contributed by atoms with van der Waals surface area (Å²) in [5.74, 6) is 0.518. The quantitative estimate of drug-likeness (QED) is 0.259. The summed E-state index contributed by atoms with van der Waals surface area (Å²) in [6.07, 6.45) is 9.46. The number of carboxylic acids is 1. The van der Waals surface area contributed by atoms with Gasteiger partial charge < -0.3 is 31.1 Å². The van der Waals surface area contributed by atoms with Crippen LogP contribution in [0.4, 0.5) is 0 Å². The third-order valence-electron chi connectivity index (χ3n) is 7.73. The predicted octanol–water partition coefficient (Wildman–Crippen LogP) is 2.28. The highest BCUT2D eigenvalue weighted by atomic mass is 16.4. The van der Waals surface area contributed by atoms with E-state index in [-0.39, 0.29) is 37.6 Å². The molecule has 2 fully saturated rings. The third-order valence-corrected chi connectivity index (χ3v) is 7.73. The Morgan fingerprint density at radius 2 is 1.87 bits per heavy atom. The van der Waals surface area contributed by atoms with Crippen LogP contribution < -0.4 is 10.6 Å². The van der Waals surface area contributed by atoms with Gasteiger partial charge in [0.2, 0.25) is 0 Å². The molecular weight excluding hydrogens is 396 g/mol. The molecule has 2 rings (SSSR count). The lowest BCUT2D eigenvalue weighted by Crippen LogP contribution is -2.52. The summed E-state index contributed by atoms with van der Waals surface area (Å²) in [6.45, 7) is 5.05. The van der Waals surface area contributed by atoms with Gasteiger partial charge in [0.1, 0.15) is 0 Å². The molecule has 6 N–H and O–H groups in total. The van der Waals surface area contributed by atoms with Crippen LogP contribution in [0.25, 0.3) is 0 Å². The fourth-order valence-electron chi connectivity index (χ4n) is 5.53. The maximum Gasteiger partial charge on any atom is 0.306 e. The number of aliphatic carboxylic acids is 1. The van der Waals surface area contributed by atoms with Crippen LogP contribution in [0.5, 0.6) is 0 Å². The standard InChI is InChI=1S/C24H46N2O5/c1-3-25-16-24(31,14-23(29)30)13-12-19(15-27)5-4-18-6-8-20(9-7-18)21-10-11-22(28)17(2)26-21/h17-22,25-28,31H,3-16H2,1-2H3,(H,29,30)/t17-,18?,19+,20?,21-,22+,24+/m0/s1. The lowest BCUT2D eigenvalue weighted by molar-refractivity contribution is -0.142. The van der Waals surface area contributed by atoms with Crippen LogP contribution in [0.3, 0.4) is 0 Å². The largest absolute Gasteiger partial charge is 0.481 e. The minimum absolute atomic E-state index is 0.0892. The molecule has 0 aromatic heterocycles. The van der Waals surface area contributed by atoms with Gasteiger partial charge in [-0.2, -0.15) is 0 Å². The van der Waals surface area contributed by atoms with E-state index in [9.17, 15) is 20.1 Å². The van der Waals surface area contributed by atoms with Crippen LogP contribution in [-0.2, 0) is 4.79 Å². The van der Waals surface area contributed by atoms with Gasteiger partial charge in [0.05, 0.1) is 18.1 Å². The number of hydrogen-bond donors (Lipinski definition) is 6. The Bertz CT molecular complexity index is 526. The molecular formula is C24H46N2O5. The molecule has 0 unspecified atom stereocenters. The zero-order chi connectivity index (χ0) is 22.9. The highest BCUT2D eigenvalue weighted by Crippen LogP contribution is 2.37. The van der Waals surface area contributed by atoms with Gasteiger partial charge in [-0.1, -0.05) is 26.2 Å². The normalized spacial score (nSPS) is 32.4. The van der Waals surface area contributed by atoms with Gasteiger partial charge in [0, 0.05) is 25.2 Å². The molecule has 0 radical (unpaired) electrons. The Hall–Kier alpha value is -0.730. The van der Waals surface area contributed by atoms with E-state index < -0.39 is 11.6 Å². The van der Waals surface area contributed by atoms with Gasteiger partial charge in [0.25, 0.3) is 0 Å². The first-order chi connectivity index (χ1) is 14.8. The van der Waals surface area contributed by atoms with Crippen LogP contribution in [0.2, 0.25) is 0 Å². The van der Waals surface area contributed by atoms with Crippen molar-refractivity contribution in [3.05, 3.63) is 0 Å². The van der Waals surface area contributed by atoms with E-state index in [4.69, 9.17) is 5.11 Å². The Kier molecular flexibility index (Phi) is 11.2. The maximum absolute atomic E-state index is 11.1. The first-order valence-electron chi connectivity index (χ1n) is 12.5. The fourth-order valence-corrected chi connectivity index (χ4v) is 5.53. The summed E-state index contributed by atoms with van der Waals surface area (Å²) in [7, 11) is 0. The van der Waals surface area contributed by atoms with Crippen LogP contribution in [0.1, 0.15) is 84.5 Å². The Morgan fingerprint density at radius 1 is 1.16 bits per heavy atom. The zero-order valence-electron chi connectivity index (χ0n) is 19.6. The number of likely N-dealkylation sites (N-methyl/N-ethyl adjacent to an activating group) is 1. The second kappa shape index (κ2) is 13.1. The molecule has 0 amide bonds. The van der Waals surface area contributed by atoms with E-state index in [2.05, 4.69) is 17.6 Å². The van der Waals surface area contributed by atoms with Crippen LogP contribution in [0, 0.1) is 17.8 Å². The molecule has 1 heterocycles. The first-order valence-corrected chi connectivity index (χ1v) is 12.5. The number of nitrogens with one attached hydrogen (secondary N) is 2. The van der Waals surface area contributed by atoms with Crippen LogP contribution in [0.15, 0.2) is 0 Å². The van der Waals surface area contributed by atoms with E-state index in [1.807, 2.05) is 6.92 Å². The van der Waals surface area contributed by atoms with Crippen molar-refractivity contribution in [1.82, 2.24) is 10.6 Å². The van der Waals surface area contributed by atoms with Gasteiger partial charge in [-0.3, -0.25) is 4.79 Å². The predicted molar refractivity (Wildman–Crippen MR) is 122 cm³/mol. The molecule has 1 aliphatic carbocycles. The fraction of sp³-hybridized carbons (Fsp3) is 0.958. The monoisotopic (exact) mass is 442 g/mol. The molecule has 1 aliphatic heterocycles. The van der Waals surface area contributed by atoms with Crippen molar-refractivity contribution in [1.29, 1.82) is 0 Å². The second-order valence-corrected chi connectivity index (χ2v) is 10.2. The minimum atomic E-state index is -1.26. The van der Waals surface area contributed by atoms with Crippen molar-refractivity contribution in [2.45, 2.75) is 108 Å². The number of aliphatic hydroxyl groups is 3. The number of piperidine rings is 1. The molecule has 1 saturated heterocycles. The lowest BCUT2D eigenvalue weighted by atomic mass is 9.74. The molecule has 0 bridgehead atoms. The highest BCUT2D eigenvalue weighted by Gasteiger charge is 2.33. The van der Waals surface area contributed by atoms with Crippen molar-refractivity contribution in [3.8, 4) is 0 Å². The van der Waals surface area contributed by atoms with Gasteiger partial charge >= 0.3 is 5.97 Å². The average molecular weight is 443 g/mol. The number of carboxylic acid groups (broad SMARTS) is 1. The van der Waals surface area contributed by atoms with Crippen molar-refractivity contribution in [2.24, 2.45) is 17.8 Å². The number of aliphatic hydroxyl groups excluding tert-OH is 2. The summed E-state index contributed by atoms with van der Waals surface area (Å²) in [4.78, 5) is 11.1. The first kappa shape index (κ1) is 26.5. The van der Waals surface area contributed by atoms with Crippen molar-refractivity contribution < 1.29 is 25.2 Å². The second-order valence-electron chi connectivity index (χ2n) is 10.2. The van der Waals surface area contributed by atoms with Crippen molar-refractivity contribution in [3.63, 3.8) is 0 Å². The Labute approximate surface area is 188 Å². The number of carbonyl (C=O) groups is 1. The van der Waals surface area contributed by atoms with E-state index in [1.165, 1.54) is 25.7 Å². The molecule has 0 aromatic carbocycles. The van der Waals surface area contributed by atoms with E-state index in [0.29, 0.717) is 37.3 Å². The number of hydrogen-bond acceptors (Lipinski definition) is 6. The van der Waals surface area contributed by atoms with E-state index >= 15 is 0 Å². The molecule has 0 spiro atoms. The summed E-state index contributed by atoms with van der Waals surface area (Å²) >= 11 is 0. The van der Waals surface area contributed by atoms with Gasteiger partial charge in [-0.05, 0) is 76.2 Å². The molecule has 31 heavy (non-hydrogen) atoms. The number of rotatable bonds is 13. The van der Waals surface area contributed by atoms with Crippen molar-refractivity contribution in [2.75, 3.05) is 19.7 Å². The summed E-state index contributed by atoms with van der Waals surface area (Å²) in [5, 5.41) is 46.3. The molecule has 5 atom stereocenters. The topological polar surface area (TPSA) is 122 Å². The molecule has 182 valence electrons. The van der Waals surface area contributed by atoms with E-state index in [0.717, 1.165) is 25.7 Å². The smallest absolute Gasteiger partial charge is 0.306 e. The van der Waals surface area contributed by atoms with Gasteiger partial charge in [-0.25, -0.2) is 0 Å². The third kappa shape index (κ3) is 8.97. The van der Waals surface area contributed by atoms with E-state index in [1.54, 1.807) is 0 Å². The molecule has 7 nitrogen and oxygen atoms in total. The molecule has 1 saturated carbocycles. The van der Waals surface area contributed by atoms with Gasteiger partial charge in [0.15, 0.2) is 0 Å². The Morgan fingerprint density at radius 3 is 2.45 bits per heavy atom. The SMILES string of the molecule is CCNC[C@@](O)(CC[C@H](CO)CCC1CCC([C@@H]2CC[C@@H](O)[C@H](C)N2)CC1)CC(=O)O. The van der Waals surface area contributed by atoms with Crippen molar-refractivity contribution >= 4 is 5.97 Å². The maximum atomic E-state index is 11.1. The lowest BCUT2D eigenvalue weighted by Gasteiger charge is -2.40. The zero-order valence-corrected chi connectivity index (χ0v) is 19.6. The summed E-state index contributed by atoms with van der Waals surface area (Å²) in [5.41, 5.74) is -1.26. The minimum Gasteiger partial charge on any atom is -0.481 e. The van der Waals surface area contributed by atoms with Crippen LogP contribution >= 0.6 is 0 Å². The summed E-state index contributed by atoms with van der Waals surface area (Å²) in [6, 6.07) is 0.724. The average Bonchev–Trinajstić information content (AvgIpc) is 2.74. The molecule has 7 heteroatoms. The molecule has 0 aromatic rings. The van der Waals surface area contributed by atoms with Gasteiger partial charge in [-0.15, -0.1) is 0 Å². The highest BCUT2D eigenvalue weighted by molar-refractivity contribution is 5.68.